The van der Waals surface area contributed by atoms with Crippen molar-refractivity contribution in [3.63, 3.8) is 0 Å². The van der Waals surface area contributed by atoms with E-state index in [4.69, 9.17) is 10.5 Å². The van der Waals surface area contributed by atoms with E-state index >= 15 is 0 Å². The first kappa shape index (κ1) is 14.5. The van der Waals surface area contributed by atoms with Crippen molar-refractivity contribution in [3.05, 3.63) is 63.6 Å². The monoisotopic (exact) mass is 341 g/mol. The molecule has 0 aromatic heterocycles. The van der Waals surface area contributed by atoms with Crippen molar-refractivity contribution in [2.24, 2.45) is 0 Å². The van der Waals surface area contributed by atoms with E-state index in [0.29, 0.717) is 4.47 Å². The number of esters is 1. The minimum Gasteiger partial charge on any atom is -0.457 e. The number of halogens is 3. The maximum Gasteiger partial charge on any atom is 0.338 e. The van der Waals surface area contributed by atoms with E-state index in [0.717, 1.165) is 6.07 Å². The Morgan fingerprint density at radius 1 is 1.15 bits per heavy atom. The third-order valence-electron chi connectivity index (χ3n) is 2.61. The number of benzene rings is 2. The zero-order valence-corrected chi connectivity index (χ0v) is 11.8. The lowest BCUT2D eigenvalue weighted by Crippen LogP contribution is -2.07. The summed E-state index contributed by atoms with van der Waals surface area (Å²) >= 11 is 3.13. The smallest absolute Gasteiger partial charge is 0.338 e. The molecule has 0 aliphatic carbocycles. The number of nitrogens with two attached hydrogens (primary N) is 1. The Hall–Kier alpha value is -1.95. The van der Waals surface area contributed by atoms with Gasteiger partial charge in [0.25, 0.3) is 0 Å². The minimum atomic E-state index is -0.695. The van der Waals surface area contributed by atoms with Crippen molar-refractivity contribution >= 4 is 27.6 Å². The predicted octanol–water partition coefficient (Wildman–Crippen LogP) is 3.67. The van der Waals surface area contributed by atoms with Crippen LogP contribution in [-0.2, 0) is 11.3 Å². The maximum absolute atomic E-state index is 13.5. The zero-order chi connectivity index (χ0) is 14.7. The Kier molecular flexibility index (Phi) is 4.34. The van der Waals surface area contributed by atoms with Gasteiger partial charge in [-0.25, -0.2) is 13.6 Å². The van der Waals surface area contributed by atoms with Gasteiger partial charge in [-0.15, -0.1) is 0 Å². The molecule has 0 spiro atoms. The second kappa shape index (κ2) is 6.00. The Labute approximate surface area is 122 Å². The summed E-state index contributed by atoms with van der Waals surface area (Å²) in [5.74, 6) is -1.79. The van der Waals surface area contributed by atoms with Gasteiger partial charge in [0.2, 0.25) is 0 Å². The van der Waals surface area contributed by atoms with Crippen molar-refractivity contribution in [3.8, 4) is 0 Å². The number of carbonyl (C=O) groups excluding carboxylic acids is 1. The van der Waals surface area contributed by atoms with E-state index in [-0.39, 0.29) is 23.4 Å². The van der Waals surface area contributed by atoms with Crippen LogP contribution in [0.25, 0.3) is 0 Å². The lowest BCUT2D eigenvalue weighted by atomic mass is 10.2. The summed E-state index contributed by atoms with van der Waals surface area (Å²) in [6.45, 7) is -0.213. The summed E-state index contributed by atoms with van der Waals surface area (Å²) in [6, 6.07) is 7.93. The predicted molar refractivity (Wildman–Crippen MR) is 74.0 cm³/mol. The first-order valence-corrected chi connectivity index (χ1v) is 6.43. The molecule has 0 unspecified atom stereocenters. The fraction of sp³-hybridized carbons (Fsp3) is 0.0714. The van der Waals surface area contributed by atoms with Gasteiger partial charge < -0.3 is 10.5 Å². The number of anilines is 1. The van der Waals surface area contributed by atoms with E-state index in [1.54, 1.807) is 6.07 Å². The van der Waals surface area contributed by atoms with Crippen LogP contribution in [0.2, 0.25) is 0 Å². The first-order valence-electron chi connectivity index (χ1n) is 5.63. The van der Waals surface area contributed by atoms with Gasteiger partial charge >= 0.3 is 5.97 Å². The second-order valence-corrected chi connectivity index (χ2v) is 4.96. The Morgan fingerprint density at radius 3 is 2.55 bits per heavy atom. The molecule has 0 heterocycles. The molecule has 0 amide bonds. The van der Waals surface area contributed by atoms with Crippen molar-refractivity contribution in [2.45, 2.75) is 6.61 Å². The van der Waals surface area contributed by atoms with Gasteiger partial charge in [0.15, 0.2) is 0 Å². The molecule has 0 aliphatic heterocycles. The van der Waals surface area contributed by atoms with Crippen molar-refractivity contribution in [1.29, 1.82) is 0 Å². The van der Waals surface area contributed by atoms with Crippen LogP contribution in [0.3, 0.4) is 0 Å². The molecule has 3 nitrogen and oxygen atoms in total. The number of rotatable bonds is 3. The third-order valence-corrected chi connectivity index (χ3v) is 3.10. The summed E-state index contributed by atoms with van der Waals surface area (Å²) in [7, 11) is 0. The quantitative estimate of drug-likeness (QED) is 0.684. The lowest BCUT2D eigenvalue weighted by molar-refractivity contribution is 0.0469. The summed E-state index contributed by atoms with van der Waals surface area (Å²) in [5.41, 5.74) is 5.57. The van der Waals surface area contributed by atoms with Crippen LogP contribution in [0.4, 0.5) is 14.5 Å². The average molecular weight is 342 g/mol. The third kappa shape index (κ3) is 3.33. The highest BCUT2D eigenvalue weighted by Crippen LogP contribution is 2.17. The Bertz CT molecular complexity index is 662. The standard InChI is InChI=1S/C14H10BrF2NO2/c15-10-3-1-9(12(17)6-10)7-20-14(19)8-2-4-11(16)13(18)5-8/h1-6H,7,18H2. The first-order chi connectivity index (χ1) is 9.47. The van der Waals surface area contributed by atoms with Crippen LogP contribution >= 0.6 is 15.9 Å². The van der Waals surface area contributed by atoms with E-state index in [2.05, 4.69) is 15.9 Å². The fourth-order valence-electron chi connectivity index (χ4n) is 1.54. The number of hydrogen-bond donors (Lipinski definition) is 1. The minimum absolute atomic E-state index is 0.112. The van der Waals surface area contributed by atoms with Crippen LogP contribution < -0.4 is 5.73 Å². The number of nitrogen functional groups attached to an aromatic ring is 1. The molecular weight excluding hydrogens is 332 g/mol. The van der Waals surface area contributed by atoms with Gasteiger partial charge in [-0.1, -0.05) is 22.0 Å². The van der Waals surface area contributed by atoms with Crippen molar-refractivity contribution in [2.75, 3.05) is 5.73 Å². The molecular formula is C14H10BrF2NO2. The Morgan fingerprint density at radius 2 is 1.90 bits per heavy atom. The second-order valence-electron chi connectivity index (χ2n) is 4.05. The summed E-state index contributed by atoms with van der Waals surface area (Å²) < 4.78 is 32.1. The summed E-state index contributed by atoms with van der Waals surface area (Å²) in [4.78, 5) is 11.7. The van der Waals surface area contributed by atoms with Gasteiger partial charge in [-0.2, -0.15) is 0 Å². The molecule has 0 bridgehead atoms. The average Bonchev–Trinajstić information content (AvgIpc) is 2.40. The largest absolute Gasteiger partial charge is 0.457 e. The molecule has 20 heavy (non-hydrogen) atoms. The van der Waals surface area contributed by atoms with Gasteiger partial charge in [-0.3, -0.25) is 0 Å². The van der Waals surface area contributed by atoms with Crippen molar-refractivity contribution in [1.82, 2.24) is 0 Å². The van der Waals surface area contributed by atoms with Gasteiger partial charge in [0.1, 0.15) is 18.2 Å². The molecule has 0 atom stereocenters. The van der Waals surface area contributed by atoms with Crippen molar-refractivity contribution < 1.29 is 18.3 Å². The molecule has 0 saturated heterocycles. The van der Waals surface area contributed by atoms with E-state index in [1.165, 1.54) is 24.3 Å². The molecule has 0 fully saturated rings. The molecule has 104 valence electrons. The van der Waals surface area contributed by atoms with E-state index in [1.807, 2.05) is 0 Å². The van der Waals surface area contributed by atoms with Crippen LogP contribution in [-0.4, -0.2) is 5.97 Å². The van der Waals surface area contributed by atoms with Crippen LogP contribution in [0, 0.1) is 11.6 Å². The number of hydrogen-bond acceptors (Lipinski definition) is 3. The lowest BCUT2D eigenvalue weighted by Gasteiger charge is -2.07. The van der Waals surface area contributed by atoms with E-state index in [9.17, 15) is 13.6 Å². The normalized spacial score (nSPS) is 10.3. The van der Waals surface area contributed by atoms with Crippen LogP contribution in [0.5, 0.6) is 0 Å². The summed E-state index contributed by atoms with van der Waals surface area (Å²) in [5, 5.41) is 0. The molecule has 6 heteroatoms. The molecule has 2 aromatic rings. The SMILES string of the molecule is Nc1cc(C(=O)OCc2ccc(Br)cc2F)ccc1F. The van der Waals surface area contributed by atoms with Crippen LogP contribution in [0.1, 0.15) is 15.9 Å². The van der Waals surface area contributed by atoms with E-state index < -0.39 is 17.6 Å². The molecule has 2 N–H and O–H groups in total. The molecule has 0 saturated carbocycles. The molecule has 0 aliphatic rings. The highest BCUT2D eigenvalue weighted by molar-refractivity contribution is 9.10. The van der Waals surface area contributed by atoms with Gasteiger partial charge in [0, 0.05) is 10.0 Å². The van der Waals surface area contributed by atoms with Crippen LogP contribution in [0.15, 0.2) is 40.9 Å². The fourth-order valence-corrected chi connectivity index (χ4v) is 1.87. The van der Waals surface area contributed by atoms with Gasteiger partial charge in [0.05, 0.1) is 11.3 Å². The highest BCUT2D eigenvalue weighted by Gasteiger charge is 2.11. The molecule has 0 radical (unpaired) electrons. The number of ether oxygens (including phenoxy) is 1. The highest BCUT2D eigenvalue weighted by atomic mass is 79.9. The number of carbonyl (C=O) groups is 1. The summed E-state index contributed by atoms with van der Waals surface area (Å²) in [6.07, 6.45) is 0. The molecule has 2 rings (SSSR count). The van der Waals surface area contributed by atoms with Gasteiger partial charge in [-0.05, 0) is 30.3 Å². The molecule has 2 aromatic carbocycles. The maximum atomic E-state index is 13.5. The topological polar surface area (TPSA) is 52.3 Å². The Balaban J connectivity index is 2.06. The zero-order valence-electron chi connectivity index (χ0n) is 10.2.